The molecule has 0 saturated heterocycles. The van der Waals surface area contributed by atoms with Gasteiger partial charge in [-0.05, 0) is 49.8 Å². The number of anilines is 1. The zero-order valence-corrected chi connectivity index (χ0v) is 16.5. The fourth-order valence-electron chi connectivity index (χ4n) is 2.63. The minimum atomic E-state index is -1.11. The van der Waals surface area contributed by atoms with E-state index in [4.69, 9.17) is 18.9 Å². The maximum absolute atomic E-state index is 12.3. The molecule has 1 aliphatic rings. The molecule has 1 amide bonds. The molecule has 0 aliphatic carbocycles. The Hall–Kier alpha value is -3.99. The van der Waals surface area contributed by atoms with E-state index < -0.39 is 18.0 Å². The molecule has 1 heterocycles. The van der Waals surface area contributed by atoms with Crippen molar-refractivity contribution in [2.24, 2.45) is 0 Å². The van der Waals surface area contributed by atoms with E-state index in [-0.39, 0.29) is 12.4 Å². The smallest absolute Gasteiger partial charge is 0.349 e. The highest BCUT2D eigenvalue weighted by molar-refractivity contribution is 6.01. The number of fused-ring (bicyclic) bond motifs is 1. The summed E-state index contributed by atoms with van der Waals surface area (Å²) in [5, 5.41) is 11.9. The van der Waals surface area contributed by atoms with E-state index in [0.717, 1.165) is 0 Å². The number of amides is 1. The van der Waals surface area contributed by atoms with E-state index in [1.165, 1.54) is 13.0 Å². The maximum Gasteiger partial charge on any atom is 0.349 e. The van der Waals surface area contributed by atoms with Crippen LogP contribution in [-0.4, -0.2) is 31.4 Å². The van der Waals surface area contributed by atoms with Crippen molar-refractivity contribution in [2.75, 3.05) is 18.7 Å². The third kappa shape index (κ3) is 5.08. The molecule has 0 unspecified atom stereocenters. The second kappa shape index (κ2) is 9.47. The lowest BCUT2D eigenvalue weighted by Gasteiger charge is -2.13. The summed E-state index contributed by atoms with van der Waals surface area (Å²) in [7, 11) is 0. The highest BCUT2D eigenvalue weighted by Crippen LogP contribution is 2.34. The van der Waals surface area contributed by atoms with Gasteiger partial charge in [-0.3, -0.25) is 4.79 Å². The van der Waals surface area contributed by atoms with E-state index in [2.05, 4.69) is 5.32 Å². The second-order valence-electron chi connectivity index (χ2n) is 6.28. The summed E-state index contributed by atoms with van der Waals surface area (Å²) in [6.45, 7) is 3.96. The molecule has 2 aromatic rings. The van der Waals surface area contributed by atoms with Gasteiger partial charge in [0.05, 0.1) is 6.61 Å². The van der Waals surface area contributed by atoms with Gasteiger partial charge in [0.25, 0.3) is 5.91 Å². The lowest BCUT2D eigenvalue weighted by molar-refractivity contribution is -0.148. The van der Waals surface area contributed by atoms with Crippen molar-refractivity contribution in [3.8, 4) is 23.3 Å². The van der Waals surface area contributed by atoms with Crippen LogP contribution in [0, 0.1) is 11.3 Å². The molecule has 30 heavy (non-hydrogen) atoms. The molecule has 1 atom stereocenters. The third-order valence-electron chi connectivity index (χ3n) is 4.14. The summed E-state index contributed by atoms with van der Waals surface area (Å²) in [4.78, 5) is 24.7. The predicted octanol–water partition coefficient (Wildman–Crippen LogP) is 3.29. The number of benzene rings is 2. The molecule has 0 bridgehead atoms. The first-order chi connectivity index (χ1) is 14.5. The number of hydrogen-bond donors (Lipinski definition) is 1. The molecular formula is C22H20N2O6. The van der Waals surface area contributed by atoms with Gasteiger partial charge < -0.3 is 24.3 Å². The zero-order chi connectivity index (χ0) is 21.5. The fourth-order valence-corrected chi connectivity index (χ4v) is 2.63. The number of carbonyl (C=O) groups is 2. The number of nitrogens with zero attached hydrogens (tertiary/aromatic N) is 1. The molecule has 1 N–H and O–H groups in total. The quantitative estimate of drug-likeness (QED) is 0.426. The molecule has 0 aromatic heterocycles. The van der Waals surface area contributed by atoms with Crippen LogP contribution in [0.1, 0.15) is 19.4 Å². The lowest BCUT2D eigenvalue weighted by Crippen LogP contribution is -2.30. The first kappa shape index (κ1) is 20.7. The van der Waals surface area contributed by atoms with Crippen molar-refractivity contribution in [2.45, 2.75) is 20.0 Å². The Kier molecular flexibility index (Phi) is 6.55. The average Bonchev–Trinajstić information content (AvgIpc) is 3.21. The Morgan fingerprint density at radius 3 is 2.63 bits per heavy atom. The van der Waals surface area contributed by atoms with Gasteiger partial charge in [0.2, 0.25) is 6.79 Å². The van der Waals surface area contributed by atoms with Gasteiger partial charge in [-0.2, -0.15) is 5.26 Å². The maximum atomic E-state index is 12.3. The summed E-state index contributed by atoms with van der Waals surface area (Å²) >= 11 is 0. The summed E-state index contributed by atoms with van der Waals surface area (Å²) in [5.41, 5.74) is 0.879. The van der Waals surface area contributed by atoms with Crippen LogP contribution in [0.25, 0.3) is 6.08 Å². The number of nitriles is 1. The van der Waals surface area contributed by atoms with Crippen LogP contribution < -0.4 is 19.5 Å². The van der Waals surface area contributed by atoms with Crippen LogP contribution in [0.15, 0.2) is 48.0 Å². The molecule has 3 rings (SSSR count). The minimum absolute atomic E-state index is 0.123. The van der Waals surface area contributed by atoms with Crippen molar-refractivity contribution >= 4 is 23.6 Å². The number of hydrogen-bond acceptors (Lipinski definition) is 7. The molecule has 8 nitrogen and oxygen atoms in total. The summed E-state index contributed by atoms with van der Waals surface area (Å²) in [6.07, 6.45) is 0.278. The highest BCUT2D eigenvalue weighted by Gasteiger charge is 2.22. The Morgan fingerprint density at radius 1 is 1.20 bits per heavy atom. The van der Waals surface area contributed by atoms with Gasteiger partial charge in [0.15, 0.2) is 17.6 Å². The molecule has 0 saturated carbocycles. The van der Waals surface area contributed by atoms with Crippen LogP contribution in [0.3, 0.4) is 0 Å². The van der Waals surface area contributed by atoms with Gasteiger partial charge >= 0.3 is 5.97 Å². The van der Waals surface area contributed by atoms with Crippen molar-refractivity contribution in [3.05, 3.63) is 53.6 Å². The number of rotatable bonds is 7. The van der Waals surface area contributed by atoms with E-state index in [1.54, 1.807) is 48.5 Å². The van der Waals surface area contributed by atoms with E-state index >= 15 is 0 Å². The standard InChI is InChI=1S/C22H20N2O6/c1-3-27-18-7-4-15(5-8-18)10-16(12-23)22(26)30-14(2)21(25)24-17-6-9-19-20(11-17)29-13-28-19/h4-11,14H,3,13H2,1-2H3,(H,24,25)/b16-10+/t14-/m1/s1. The first-order valence-corrected chi connectivity index (χ1v) is 9.26. The van der Waals surface area contributed by atoms with E-state index in [1.807, 2.05) is 6.92 Å². The largest absolute Gasteiger partial charge is 0.494 e. The molecule has 2 aromatic carbocycles. The van der Waals surface area contributed by atoms with Gasteiger partial charge in [-0.1, -0.05) is 12.1 Å². The Balaban J connectivity index is 1.61. The second-order valence-corrected chi connectivity index (χ2v) is 6.28. The summed E-state index contributed by atoms with van der Waals surface area (Å²) in [6, 6.07) is 13.6. The average molecular weight is 408 g/mol. The Labute approximate surface area is 173 Å². The van der Waals surface area contributed by atoms with Crippen LogP contribution in [0.5, 0.6) is 17.2 Å². The van der Waals surface area contributed by atoms with Crippen LogP contribution in [-0.2, 0) is 14.3 Å². The highest BCUT2D eigenvalue weighted by atomic mass is 16.7. The normalized spacial score (nSPS) is 13.2. The van der Waals surface area contributed by atoms with Crippen molar-refractivity contribution in [3.63, 3.8) is 0 Å². The minimum Gasteiger partial charge on any atom is -0.494 e. The van der Waals surface area contributed by atoms with E-state index in [9.17, 15) is 14.9 Å². The van der Waals surface area contributed by atoms with E-state index in [0.29, 0.717) is 35.1 Å². The molecule has 8 heteroatoms. The summed E-state index contributed by atoms with van der Waals surface area (Å²) in [5.74, 6) is 0.359. The van der Waals surface area contributed by atoms with Crippen LogP contribution >= 0.6 is 0 Å². The molecular weight excluding hydrogens is 388 g/mol. The number of nitrogens with one attached hydrogen (secondary N) is 1. The Morgan fingerprint density at radius 2 is 1.93 bits per heavy atom. The molecule has 0 fully saturated rings. The number of carbonyl (C=O) groups excluding carboxylic acids is 2. The van der Waals surface area contributed by atoms with Gasteiger partial charge in [0, 0.05) is 11.8 Å². The fraction of sp³-hybridized carbons (Fsp3) is 0.227. The predicted molar refractivity (Wildman–Crippen MR) is 108 cm³/mol. The van der Waals surface area contributed by atoms with Crippen molar-refractivity contribution < 1.29 is 28.5 Å². The third-order valence-corrected chi connectivity index (χ3v) is 4.14. The molecule has 0 spiro atoms. The summed E-state index contributed by atoms with van der Waals surface area (Å²) < 4.78 is 21.0. The lowest BCUT2D eigenvalue weighted by atomic mass is 10.1. The molecule has 0 radical (unpaired) electrons. The zero-order valence-electron chi connectivity index (χ0n) is 16.5. The van der Waals surface area contributed by atoms with Gasteiger partial charge in [-0.15, -0.1) is 0 Å². The van der Waals surface area contributed by atoms with Crippen molar-refractivity contribution in [1.29, 1.82) is 5.26 Å². The van der Waals surface area contributed by atoms with Crippen molar-refractivity contribution in [1.82, 2.24) is 0 Å². The SMILES string of the molecule is CCOc1ccc(/C=C(\C#N)C(=O)O[C@H](C)C(=O)Nc2ccc3c(c2)OCO3)cc1. The molecule has 1 aliphatic heterocycles. The molecule has 154 valence electrons. The number of ether oxygens (including phenoxy) is 4. The van der Waals surface area contributed by atoms with Crippen LogP contribution in [0.2, 0.25) is 0 Å². The number of esters is 1. The Bertz CT molecular complexity index is 1010. The van der Waals surface area contributed by atoms with Crippen LogP contribution in [0.4, 0.5) is 5.69 Å². The topological polar surface area (TPSA) is 107 Å². The van der Waals surface area contributed by atoms with Gasteiger partial charge in [0.1, 0.15) is 17.4 Å². The van der Waals surface area contributed by atoms with Gasteiger partial charge in [-0.25, -0.2) is 4.79 Å². The first-order valence-electron chi connectivity index (χ1n) is 9.26. The monoisotopic (exact) mass is 408 g/mol.